The molecule has 0 aromatic heterocycles. The van der Waals surface area contributed by atoms with E-state index in [4.69, 9.17) is 10.6 Å². The van der Waals surface area contributed by atoms with Gasteiger partial charge >= 0.3 is 221 Å². The van der Waals surface area contributed by atoms with Gasteiger partial charge in [-0.1, -0.05) is 0 Å². The van der Waals surface area contributed by atoms with Crippen LogP contribution in [0, 0.1) is 0 Å². The van der Waals surface area contributed by atoms with Crippen LogP contribution in [0.4, 0.5) is 0 Å². The average Bonchev–Trinajstić information content (AvgIpc) is 2.51. The van der Waals surface area contributed by atoms with Crippen molar-refractivity contribution in [1.82, 2.24) is 0 Å². The van der Waals surface area contributed by atoms with E-state index in [-0.39, 0.29) is 11.8 Å². The first kappa shape index (κ1) is 25.4. The van der Waals surface area contributed by atoms with Gasteiger partial charge in [-0.2, -0.15) is 0 Å². The molecule has 0 N–H and O–H groups in total. The van der Waals surface area contributed by atoms with E-state index in [0.29, 0.717) is 13.3 Å². The first-order chi connectivity index (χ1) is 10.3. The predicted molar refractivity (Wildman–Crippen MR) is 134 cm³/mol. The van der Waals surface area contributed by atoms with Crippen LogP contribution in [-0.2, 0) is 25.0 Å². The Hall–Kier alpha value is 3.43. The molecular weight excluding hydrogens is 1040 g/mol. The Kier molecular flexibility index (Phi) is 16.7. The van der Waals surface area contributed by atoms with Crippen LogP contribution < -0.4 is 0 Å². The molecule has 6 nitrogen and oxygen atoms in total. The fraction of sp³-hybridized carbons (Fsp3) is 0.667. The van der Waals surface area contributed by atoms with E-state index < -0.39 is 35.2 Å². The van der Waals surface area contributed by atoms with Crippen molar-refractivity contribution >= 4 is 171 Å². The molecule has 0 radical (unpaired) electrons. The third-order valence-electron chi connectivity index (χ3n) is 1.81. The molecule has 0 fully saturated rings. The Morgan fingerprint density at radius 3 is 1.09 bits per heavy atom. The molecule has 0 amide bonds. The summed E-state index contributed by atoms with van der Waals surface area (Å²) < 4.78 is 16.1. The zero-order chi connectivity index (χ0) is 17.3. The van der Waals surface area contributed by atoms with Crippen molar-refractivity contribution in [2.75, 3.05) is 13.3 Å². The second kappa shape index (κ2) is 14.5. The van der Waals surface area contributed by atoms with Crippen molar-refractivity contribution in [3.8, 4) is 0 Å². The second-order valence-electron chi connectivity index (χ2n) is 3.46. The number of carbonyl (C=O) groups is 3. The van der Waals surface area contributed by atoms with Gasteiger partial charge in [-0.15, -0.1) is 0 Å². The van der Waals surface area contributed by atoms with Gasteiger partial charge in [0, 0.05) is 0 Å². The molecule has 0 aromatic carbocycles. The van der Waals surface area contributed by atoms with E-state index in [0.717, 1.165) is 0 Å². The summed E-state index contributed by atoms with van der Waals surface area (Å²) >= 11 is 8.23. The number of halogens is 6. The maximum absolute atomic E-state index is 11.8. The summed E-state index contributed by atoms with van der Waals surface area (Å²) in [7, 11) is 0. The normalized spacial score (nSPS) is 14.5. The van der Waals surface area contributed by atoms with Gasteiger partial charge in [-0.25, -0.2) is 0 Å². The fourth-order valence-corrected chi connectivity index (χ4v) is 6.56. The summed E-state index contributed by atoms with van der Waals surface area (Å²) in [6.07, 6.45) is 0. The quantitative estimate of drug-likeness (QED) is 0.201. The Bertz CT molecular complexity index is 342. The summed E-state index contributed by atoms with van der Waals surface area (Å²) in [5.74, 6) is -1.54. The molecule has 3 atom stereocenters. The van der Waals surface area contributed by atoms with E-state index in [1.165, 1.54) is 0 Å². The van der Waals surface area contributed by atoms with Gasteiger partial charge in [-0.05, 0) is 0 Å². The van der Waals surface area contributed by atoms with Crippen LogP contribution in [0.5, 0.6) is 0 Å². The Balaban J connectivity index is 4.86. The SMILES string of the molecule is O=C([O][Ga]([O]C(=O)C(I)CI)[O]C(=O)C(I)CI)C(I)CI. The van der Waals surface area contributed by atoms with Gasteiger partial charge in [0.15, 0.2) is 0 Å². The number of hydrogen-bond acceptors (Lipinski definition) is 6. The molecule has 0 aromatic rings. The Morgan fingerprint density at radius 1 is 0.682 bits per heavy atom. The van der Waals surface area contributed by atoms with Crippen LogP contribution in [0.25, 0.3) is 0 Å². The van der Waals surface area contributed by atoms with Gasteiger partial charge in [0.05, 0.1) is 0 Å². The summed E-state index contributed by atoms with van der Waals surface area (Å²) in [6.45, 7) is 0. The van der Waals surface area contributed by atoms with Crippen molar-refractivity contribution in [2.24, 2.45) is 0 Å². The molecule has 0 bridgehead atoms. The van der Waals surface area contributed by atoms with Crippen LogP contribution in [-0.4, -0.2) is 60.3 Å². The molecule has 3 unspecified atom stereocenters. The first-order valence-corrected chi connectivity index (χ1v) is 16.8. The van der Waals surface area contributed by atoms with Crippen molar-refractivity contribution in [3.63, 3.8) is 0 Å². The molecule has 0 spiro atoms. The van der Waals surface area contributed by atoms with Gasteiger partial charge in [-0.3, -0.25) is 0 Å². The fourth-order valence-electron chi connectivity index (χ4n) is 0.767. The van der Waals surface area contributed by atoms with E-state index in [1.807, 2.05) is 67.8 Å². The molecule has 126 valence electrons. The monoisotopic (exact) mass is 1040 g/mol. The summed E-state index contributed by atoms with van der Waals surface area (Å²) in [5, 5.41) is 0. The molecule has 22 heavy (non-hydrogen) atoms. The molecule has 0 aliphatic carbocycles. The van der Waals surface area contributed by atoms with Crippen LogP contribution >= 0.6 is 136 Å². The van der Waals surface area contributed by atoms with E-state index in [9.17, 15) is 14.4 Å². The standard InChI is InChI=1S/3C3H4I2O2.Ga/c3*4-1-2(5)3(6)7;/h3*2H,1H2,(H,6,7);/q;;;+3/p-3. The van der Waals surface area contributed by atoms with Crippen molar-refractivity contribution in [3.05, 3.63) is 0 Å². The van der Waals surface area contributed by atoms with Crippen LogP contribution in [0.1, 0.15) is 0 Å². The minimum atomic E-state index is -3.73. The third kappa shape index (κ3) is 10.5. The number of rotatable bonds is 9. The van der Waals surface area contributed by atoms with E-state index in [2.05, 4.69) is 67.8 Å². The second-order valence-corrected chi connectivity index (χ2v) is 13.3. The summed E-state index contributed by atoms with van der Waals surface area (Å²) in [6, 6.07) is 0. The summed E-state index contributed by atoms with van der Waals surface area (Å²) in [5.41, 5.74) is 0. The first-order valence-electron chi connectivity index (χ1n) is 5.48. The van der Waals surface area contributed by atoms with Crippen molar-refractivity contribution in [1.29, 1.82) is 0 Å². The molecular formula is C9H9GaI6O6. The van der Waals surface area contributed by atoms with Crippen LogP contribution in [0.3, 0.4) is 0 Å². The van der Waals surface area contributed by atoms with Crippen molar-refractivity contribution < 1.29 is 25.0 Å². The van der Waals surface area contributed by atoms with Gasteiger partial charge in [0.2, 0.25) is 0 Å². The van der Waals surface area contributed by atoms with Gasteiger partial charge < -0.3 is 0 Å². The third-order valence-corrected chi connectivity index (χ3v) is 15.0. The van der Waals surface area contributed by atoms with E-state index >= 15 is 0 Å². The number of hydrogen-bond donors (Lipinski definition) is 0. The molecule has 0 aliphatic rings. The molecule has 0 heterocycles. The van der Waals surface area contributed by atoms with Crippen LogP contribution in [0.15, 0.2) is 0 Å². The molecule has 13 heteroatoms. The summed E-state index contributed by atoms with van der Waals surface area (Å²) in [4.78, 5) is 35.5. The number of alkyl halides is 6. The maximum atomic E-state index is 11.8. The minimum absolute atomic E-state index is 0.372. The van der Waals surface area contributed by atoms with Gasteiger partial charge in [0.1, 0.15) is 0 Å². The zero-order valence-electron chi connectivity index (χ0n) is 10.6. The average molecular weight is 1040 g/mol. The van der Waals surface area contributed by atoms with Crippen LogP contribution in [0.2, 0.25) is 0 Å². The van der Waals surface area contributed by atoms with E-state index in [1.54, 1.807) is 0 Å². The Labute approximate surface area is 216 Å². The van der Waals surface area contributed by atoms with Gasteiger partial charge in [0.25, 0.3) is 0 Å². The topological polar surface area (TPSA) is 78.9 Å². The molecule has 0 saturated heterocycles. The zero-order valence-corrected chi connectivity index (χ0v) is 26.0. The molecule has 0 aliphatic heterocycles. The predicted octanol–water partition coefficient (Wildman–Crippen LogP) is 3.32. The number of carbonyl (C=O) groups excluding carboxylic acids is 3. The Morgan fingerprint density at radius 2 is 0.909 bits per heavy atom. The molecule has 0 saturated carbocycles. The van der Waals surface area contributed by atoms with Crippen molar-refractivity contribution in [2.45, 2.75) is 11.8 Å². The molecule has 0 rings (SSSR count).